The summed E-state index contributed by atoms with van der Waals surface area (Å²) < 4.78 is 3.01. The number of para-hydroxylation sites is 1. The van der Waals surface area contributed by atoms with Gasteiger partial charge in [0.25, 0.3) is 0 Å². The number of hydrogen-bond donors (Lipinski definition) is 1. The summed E-state index contributed by atoms with van der Waals surface area (Å²) in [7, 11) is 1.69. The Labute approximate surface area is 87.0 Å². The molecular formula is C11H12N2O2. The standard InChI is InChI=1S/C11H12N2O2/c1-12-6-7-13(11(12)15)10-5-3-2-4-9(10)8-14/h2-7,14H,8H2,1H3. The predicted octanol–water partition coefficient (Wildman–Crippen LogP) is 0.668. The van der Waals surface area contributed by atoms with Gasteiger partial charge in [-0.25, -0.2) is 4.79 Å². The SMILES string of the molecule is Cn1ccn(-c2ccccc2CO)c1=O. The lowest BCUT2D eigenvalue weighted by Gasteiger charge is -2.06. The molecule has 1 N–H and O–H groups in total. The average molecular weight is 204 g/mol. The van der Waals surface area contributed by atoms with Crippen LogP contribution in [-0.4, -0.2) is 14.2 Å². The summed E-state index contributed by atoms with van der Waals surface area (Å²) in [5, 5.41) is 9.16. The van der Waals surface area contributed by atoms with Crippen molar-refractivity contribution in [3.05, 3.63) is 52.7 Å². The van der Waals surface area contributed by atoms with E-state index in [0.717, 1.165) is 11.3 Å². The first-order valence-corrected chi connectivity index (χ1v) is 4.67. The molecule has 78 valence electrons. The zero-order chi connectivity index (χ0) is 10.8. The summed E-state index contributed by atoms with van der Waals surface area (Å²) in [5.41, 5.74) is 1.35. The van der Waals surface area contributed by atoms with Crippen LogP contribution in [-0.2, 0) is 13.7 Å². The summed E-state index contributed by atoms with van der Waals surface area (Å²) in [6, 6.07) is 7.29. The highest BCUT2D eigenvalue weighted by Gasteiger charge is 2.06. The monoisotopic (exact) mass is 204 g/mol. The maximum absolute atomic E-state index is 11.7. The Hall–Kier alpha value is -1.81. The van der Waals surface area contributed by atoms with Gasteiger partial charge in [0.05, 0.1) is 12.3 Å². The molecule has 0 saturated carbocycles. The molecule has 0 atom stereocenters. The maximum atomic E-state index is 11.7. The minimum atomic E-state index is -0.115. The maximum Gasteiger partial charge on any atom is 0.332 e. The van der Waals surface area contributed by atoms with E-state index in [-0.39, 0.29) is 12.3 Å². The largest absolute Gasteiger partial charge is 0.392 e. The van der Waals surface area contributed by atoms with E-state index in [4.69, 9.17) is 5.11 Å². The quantitative estimate of drug-likeness (QED) is 0.781. The van der Waals surface area contributed by atoms with E-state index in [9.17, 15) is 4.79 Å². The van der Waals surface area contributed by atoms with Crippen molar-refractivity contribution < 1.29 is 5.11 Å². The van der Waals surface area contributed by atoms with Gasteiger partial charge in [-0.3, -0.25) is 4.57 Å². The lowest BCUT2D eigenvalue weighted by Crippen LogP contribution is -2.21. The van der Waals surface area contributed by atoms with Crippen molar-refractivity contribution in [2.24, 2.45) is 7.05 Å². The third-order valence-electron chi connectivity index (χ3n) is 2.37. The summed E-state index contributed by atoms with van der Waals surface area (Å²) in [6.07, 6.45) is 3.38. The molecule has 0 aliphatic carbocycles. The highest BCUT2D eigenvalue weighted by Crippen LogP contribution is 2.12. The molecule has 1 aromatic heterocycles. The Bertz CT molecular complexity index is 525. The second-order valence-corrected chi connectivity index (χ2v) is 3.35. The number of aliphatic hydroxyl groups excluding tert-OH is 1. The van der Waals surface area contributed by atoms with Crippen molar-refractivity contribution in [2.45, 2.75) is 6.61 Å². The Kier molecular flexibility index (Phi) is 2.43. The minimum absolute atomic E-state index is 0.0719. The summed E-state index contributed by atoms with van der Waals surface area (Å²) in [4.78, 5) is 11.7. The Morgan fingerprint density at radius 3 is 2.60 bits per heavy atom. The van der Waals surface area contributed by atoms with Gasteiger partial charge >= 0.3 is 5.69 Å². The van der Waals surface area contributed by atoms with Crippen LogP contribution in [0.3, 0.4) is 0 Å². The molecule has 0 radical (unpaired) electrons. The Morgan fingerprint density at radius 2 is 2.00 bits per heavy atom. The Balaban J connectivity index is 2.64. The van der Waals surface area contributed by atoms with Crippen molar-refractivity contribution in [1.82, 2.24) is 9.13 Å². The summed E-state index contributed by atoms with van der Waals surface area (Å²) in [5.74, 6) is 0. The zero-order valence-electron chi connectivity index (χ0n) is 8.42. The van der Waals surface area contributed by atoms with Gasteiger partial charge in [-0.1, -0.05) is 18.2 Å². The Morgan fingerprint density at radius 1 is 1.27 bits per heavy atom. The van der Waals surface area contributed by atoms with Crippen LogP contribution in [0.15, 0.2) is 41.5 Å². The number of nitrogens with zero attached hydrogens (tertiary/aromatic N) is 2. The third-order valence-corrected chi connectivity index (χ3v) is 2.37. The van der Waals surface area contributed by atoms with Gasteiger partial charge in [-0.2, -0.15) is 0 Å². The van der Waals surface area contributed by atoms with E-state index in [1.807, 2.05) is 18.2 Å². The molecule has 0 amide bonds. The molecule has 0 fully saturated rings. The number of rotatable bonds is 2. The zero-order valence-corrected chi connectivity index (χ0v) is 8.42. The topological polar surface area (TPSA) is 47.2 Å². The van der Waals surface area contributed by atoms with Gasteiger partial charge < -0.3 is 9.67 Å². The minimum Gasteiger partial charge on any atom is -0.392 e. The highest BCUT2D eigenvalue weighted by atomic mass is 16.3. The lowest BCUT2D eigenvalue weighted by atomic mass is 10.2. The summed E-state index contributed by atoms with van der Waals surface area (Å²) in [6.45, 7) is -0.0719. The van der Waals surface area contributed by atoms with Crippen molar-refractivity contribution in [2.75, 3.05) is 0 Å². The van der Waals surface area contributed by atoms with Gasteiger partial charge in [0.1, 0.15) is 0 Å². The molecule has 0 saturated heterocycles. The molecule has 0 spiro atoms. The number of hydrogen-bond acceptors (Lipinski definition) is 2. The van der Waals surface area contributed by atoms with E-state index < -0.39 is 0 Å². The van der Waals surface area contributed by atoms with Crippen LogP contribution in [0.25, 0.3) is 5.69 Å². The molecule has 15 heavy (non-hydrogen) atoms. The van der Waals surface area contributed by atoms with Crippen LogP contribution < -0.4 is 5.69 Å². The van der Waals surface area contributed by atoms with E-state index in [1.165, 1.54) is 9.13 Å². The fourth-order valence-electron chi connectivity index (χ4n) is 1.53. The van der Waals surface area contributed by atoms with Crippen LogP contribution in [0.1, 0.15) is 5.56 Å². The van der Waals surface area contributed by atoms with Crippen LogP contribution >= 0.6 is 0 Å². The molecule has 1 aromatic carbocycles. The van der Waals surface area contributed by atoms with Crippen LogP contribution in [0.5, 0.6) is 0 Å². The van der Waals surface area contributed by atoms with Crippen LogP contribution in [0.4, 0.5) is 0 Å². The first-order valence-electron chi connectivity index (χ1n) is 4.67. The average Bonchev–Trinajstić information content (AvgIpc) is 2.60. The van der Waals surface area contributed by atoms with Gasteiger partial charge in [0.15, 0.2) is 0 Å². The lowest BCUT2D eigenvalue weighted by molar-refractivity contribution is 0.281. The van der Waals surface area contributed by atoms with E-state index in [0.29, 0.717) is 0 Å². The number of imidazole rings is 1. The van der Waals surface area contributed by atoms with Gasteiger partial charge in [0.2, 0.25) is 0 Å². The molecule has 0 aliphatic rings. The number of aliphatic hydroxyl groups is 1. The second kappa shape index (κ2) is 3.74. The molecule has 4 heteroatoms. The summed E-state index contributed by atoms with van der Waals surface area (Å²) >= 11 is 0. The molecule has 2 rings (SSSR count). The van der Waals surface area contributed by atoms with Crippen molar-refractivity contribution in [3.8, 4) is 5.69 Å². The van der Waals surface area contributed by atoms with E-state index >= 15 is 0 Å². The molecule has 2 aromatic rings. The normalized spacial score (nSPS) is 10.5. The fraction of sp³-hybridized carbons (Fsp3) is 0.182. The van der Waals surface area contributed by atoms with Crippen molar-refractivity contribution >= 4 is 0 Å². The molecule has 0 aliphatic heterocycles. The third kappa shape index (κ3) is 1.59. The number of aromatic nitrogens is 2. The smallest absolute Gasteiger partial charge is 0.332 e. The first kappa shape index (κ1) is 9.73. The van der Waals surface area contributed by atoms with Gasteiger partial charge in [-0.15, -0.1) is 0 Å². The molecule has 1 heterocycles. The molecular weight excluding hydrogens is 192 g/mol. The second-order valence-electron chi connectivity index (χ2n) is 3.35. The molecule has 0 bridgehead atoms. The molecule has 4 nitrogen and oxygen atoms in total. The fourth-order valence-corrected chi connectivity index (χ4v) is 1.53. The van der Waals surface area contributed by atoms with Crippen LogP contribution in [0.2, 0.25) is 0 Å². The first-order chi connectivity index (χ1) is 7.24. The predicted molar refractivity (Wildman–Crippen MR) is 56.9 cm³/mol. The van der Waals surface area contributed by atoms with E-state index in [1.54, 1.807) is 25.5 Å². The highest BCUT2D eigenvalue weighted by molar-refractivity contribution is 5.40. The number of aryl methyl sites for hydroxylation is 1. The van der Waals surface area contributed by atoms with Gasteiger partial charge in [-0.05, 0) is 6.07 Å². The molecule has 0 unspecified atom stereocenters. The van der Waals surface area contributed by atoms with Crippen LogP contribution in [0, 0.1) is 0 Å². The van der Waals surface area contributed by atoms with Crippen molar-refractivity contribution in [3.63, 3.8) is 0 Å². The van der Waals surface area contributed by atoms with Gasteiger partial charge in [0, 0.05) is 25.0 Å². The number of benzene rings is 1. The van der Waals surface area contributed by atoms with E-state index in [2.05, 4.69) is 0 Å². The van der Waals surface area contributed by atoms with Crippen molar-refractivity contribution in [1.29, 1.82) is 0 Å².